The predicted molar refractivity (Wildman–Crippen MR) is 120 cm³/mol. The van der Waals surface area contributed by atoms with Crippen molar-refractivity contribution in [3.63, 3.8) is 0 Å². The molecule has 11 heteroatoms. The van der Waals surface area contributed by atoms with Crippen molar-refractivity contribution in [3.05, 3.63) is 48.0 Å². The molecule has 9 nitrogen and oxygen atoms in total. The number of aromatic nitrogens is 2. The fourth-order valence-electron chi connectivity index (χ4n) is 3.86. The van der Waals surface area contributed by atoms with Gasteiger partial charge in [-0.2, -0.15) is 4.31 Å². The predicted octanol–water partition coefficient (Wildman–Crippen LogP) is 2.91. The molecule has 2 aromatic rings. The lowest BCUT2D eigenvalue weighted by molar-refractivity contribution is 0.0526. The molecule has 1 amide bonds. The highest BCUT2D eigenvalue weighted by atomic mass is 35.5. The van der Waals surface area contributed by atoms with E-state index in [1.54, 1.807) is 31.8 Å². The largest absolute Gasteiger partial charge is 0.448 e. The maximum Gasteiger partial charge on any atom is 0.407 e. The van der Waals surface area contributed by atoms with Crippen LogP contribution in [0.5, 0.6) is 0 Å². The second-order valence-corrected chi connectivity index (χ2v) is 9.94. The van der Waals surface area contributed by atoms with Gasteiger partial charge in [-0.05, 0) is 43.5 Å². The number of piperidine rings is 1. The van der Waals surface area contributed by atoms with Gasteiger partial charge in [-0.1, -0.05) is 18.0 Å². The number of alkyl carbamates (subject to hydrolysis) is 1. The summed E-state index contributed by atoms with van der Waals surface area (Å²) in [6, 6.07) is 5.27. The minimum atomic E-state index is -3.82. The van der Waals surface area contributed by atoms with E-state index < -0.39 is 22.2 Å². The van der Waals surface area contributed by atoms with Crippen LogP contribution >= 0.6 is 11.6 Å². The Hall–Kier alpha value is -2.14. The van der Waals surface area contributed by atoms with Crippen LogP contribution in [0.1, 0.15) is 25.7 Å². The van der Waals surface area contributed by atoms with Crippen molar-refractivity contribution in [2.75, 3.05) is 26.9 Å². The minimum Gasteiger partial charge on any atom is -0.448 e. The number of rotatable bonds is 10. The van der Waals surface area contributed by atoms with E-state index in [-0.39, 0.29) is 24.2 Å². The molecule has 1 aromatic carbocycles. The van der Waals surface area contributed by atoms with E-state index in [2.05, 4.69) is 10.3 Å². The van der Waals surface area contributed by atoms with Gasteiger partial charge >= 0.3 is 6.09 Å². The van der Waals surface area contributed by atoms with Gasteiger partial charge in [0.15, 0.2) is 0 Å². The molecule has 0 unspecified atom stereocenters. The standard InChI is InChI=1S/C21H29ClN4O5S/c1-30-14-18-4-2-5-19(26(18)32(28,29)20-8-6-17(22)7-9-20)15-31-21(27)24-10-3-12-25-13-11-23-16-25/h6-9,11,13,16,18-19H,2-5,10,12,14-15H2,1H3,(H,24,27)/t18-,19+/m1/s1. The summed E-state index contributed by atoms with van der Waals surface area (Å²) in [7, 11) is -2.27. The summed E-state index contributed by atoms with van der Waals surface area (Å²) in [6.45, 7) is 1.42. The molecular weight excluding hydrogens is 456 g/mol. The van der Waals surface area contributed by atoms with Gasteiger partial charge in [-0.15, -0.1) is 0 Å². The number of methoxy groups -OCH3 is 1. The Kier molecular flexibility index (Phi) is 8.92. The zero-order valence-electron chi connectivity index (χ0n) is 18.0. The lowest BCUT2D eigenvalue weighted by Gasteiger charge is -2.40. The molecule has 2 atom stereocenters. The molecule has 1 aliphatic heterocycles. The number of carbonyl (C=O) groups is 1. The van der Waals surface area contributed by atoms with Gasteiger partial charge in [0.1, 0.15) is 6.61 Å². The molecule has 2 heterocycles. The van der Waals surface area contributed by atoms with Crippen LogP contribution < -0.4 is 5.32 Å². The first kappa shape index (κ1) is 24.5. The van der Waals surface area contributed by atoms with Crippen molar-refractivity contribution in [3.8, 4) is 0 Å². The molecule has 3 rings (SSSR count). The Morgan fingerprint density at radius 3 is 2.59 bits per heavy atom. The van der Waals surface area contributed by atoms with E-state index in [0.29, 0.717) is 24.4 Å². The topological polar surface area (TPSA) is 103 Å². The lowest BCUT2D eigenvalue weighted by Crippen LogP contribution is -2.53. The SMILES string of the molecule is COC[C@H]1CCC[C@@H](COC(=O)NCCCn2ccnc2)N1S(=O)(=O)c1ccc(Cl)cc1. The number of halogens is 1. The second kappa shape index (κ2) is 11.6. The Balaban J connectivity index is 1.61. The molecule has 0 bridgehead atoms. The van der Waals surface area contributed by atoms with E-state index in [1.165, 1.54) is 16.4 Å². The van der Waals surface area contributed by atoms with Crippen molar-refractivity contribution in [2.24, 2.45) is 0 Å². The molecule has 0 saturated carbocycles. The van der Waals surface area contributed by atoms with Gasteiger partial charge in [0.05, 0.1) is 23.9 Å². The van der Waals surface area contributed by atoms with Gasteiger partial charge < -0.3 is 19.4 Å². The quantitative estimate of drug-likeness (QED) is 0.520. The second-order valence-electron chi connectivity index (χ2n) is 7.66. The first-order chi connectivity index (χ1) is 15.4. The van der Waals surface area contributed by atoms with Crippen LogP contribution in [-0.4, -0.2) is 67.3 Å². The Morgan fingerprint density at radius 1 is 1.22 bits per heavy atom. The smallest absolute Gasteiger partial charge is 0.407 e. The highest BCUT2D eigenvalue weighted by molar-refractivity contribution is 7.89. The zero-order valence-corrected chi connectivity index (χ0v) is 19.6. The maximum atomic E-state index is 13.4. The number of nitrogens with zero attached hydrogens (tertiary/aromatic N) is 3. The normalized spacial score (nSPS) is 19.6. The van der Waals surface area contributed by atoms with Crippen LogP contribution in [0.2, 0.25) is 5.02 Å². The molecule has 0 aliphatic carbocycles. The summed E-state index contributed by atoms with van der Waals surface area (Å²) >= 11 is 5.92. The third-order valence-electron chi connectivity index (χ3n) is 5.37. The summed E-state index contributed by atoms with van der Waals surface area (Å²) in [4.78, 5) is 16.3. The number of amides is 1. The highest BCUT2D eigenvalue weighted by Gasteiger charge is 2.40. The molecule has 1 N–H and O–H groups in total. The number of sulfonamides is 1. The molecule has 1 aliphatic rings. The van der Waals surface area contributed by atoms with Crippen LogP contribution in [0.3, 0.4) is 0 Å². The van der Waals surface area contributed by atoms with Crippen LogP contribution in [0.15, 0.2) is 47.9 Å². The molecule has 1 saturated heterocycles. The van der Waals surface area contributed by atoms with Gasteiger partial charge in [0.25, 0.3) is 0 Å². The summed E-state index contributed by atoms with van der Waals surface area (Å²) in [6.07, 6.45) is 7.53. The van der Waals surface area contributed by atoms with E-state index in [1.807, 2.05) is 10.8 Å². The van der Waals surface area contributed by atoms with Crippen LogP contribution in [-0.2, 0) is 26.0 Å². The van der Waals surface area contributed by atoms with E-state index >= 15 is 0 Å². The molecule has 1 aromatic heterocycles. The number of hydrogen-bond donors (Lipinski definition) is 1. The zero-order chi connectivity index (χ0) is 23.0. The monoisotopic (exact) mass is 484 g/mol. The third kappa shape index (κ3) is 6.44. The van der Waals surface area contributed by atoms with Gasteiger partial charge in [0, 0.05) is 43.7 Å². The number of aryl methyl sites for hydroxylation is 1. The van der Waals surface area contributed by atoms with Crippen LogP contribution in [0.4, 0.5) is 4.79 Å². The summed E-state index contributed by atoms with van der Waals surface area (Å²) in [5.74, 6) is 0. The van der Waals surface area contributed by atoms with Crippen LogP contribution in [0.25, 0.3) is 0 Å². The Labute approximate surface area is 193 Å². The van der Waals surface area contributed by atoms with Gasteiger partial charge in [-0.3, -0.25) is 0 Å². The number of benzene rings is 1. The fourth-order valence-corrected chi connectivity index (χ4v) is 5.83. The summed E-state index contributed by atoms with van der Waals surface area (Å²) < 4.78 is 40.9. The van der Waals surface area contributed by atoms with E-state index in [0.717, 1.165) is 19.4 Å². The Bertz CT molecular complexity index is 951. The fraction of sp³-hybridized carbons (Fsp3) is 0.524. The van der Waals surface area contributed by atoms with Crippen molar-refractivity contribution < 1.29 is 22.7 Å². The number of hydrogen-bond acceptors (Lipinski definition) is 6. The molecule has 0 radical (unpaired) electrons. The van der Waals surface area contributed by atoms with Crippen LogP contribution in [0, 0.1) is 0 Å². The molecule has 1 fully saturated rings. The van der Waals surface area contributed by atoms with Crippen molar-refractivity contribution >= 4 is 27.7 Å². The number of imidazole rings is 1. The molecule has 0 spiro atoms. The Morgan fingerprint density at radius 2 is 1.94 bits per heavy atom. The summed E-state index contributed by atoms with van der Waals surface area (Å²) in [5.41, 5.74) is 0. The van der Waals surface area contributed by atoms with Gasteiger partial charge in [-0.25, -0.2) is 18.2 Å². The van der Waals surface area contributed by atoms with Crippen molar-refractivity contribution in [1.29, 1.82) is 0 Å². The molecule has 176 valence electrons. The molecular formula is C21H29ClN4O5S. The van der Waals surface area contributed by atoms with E-state index in [4.69, 9.17) is 21.1 Å². The minimum absolute atomic E-state index is 0.0274. The first-order valence-electron chi connectivity index (χ1n) is 10.6. The lowest BCUT2D eigenvalue weighted by atomic mass is 9.99. The average molecular weight is 485 g/mol. The third-order valence-corrected chi connectivity index (χ3v) is 7.64. The first-order valence-corrected chi connectivity index (χ1v) is 12.4. The maximum absolute atomic E-state index is 13.4. The van der Waals surface area contributed by atoms with Crippen molar-refractivity contribution in [2.45, 2.75) is 49.2 Å². The number of ether oxygens (including phenoxy) is 2. The average Bonchev–Trinajstić information content (AvgIpc) is 3.29. The number of nitrogens with one attached hydrogen (secondary N) is 1. The molecule has 32 heavy (non-hydrogen) atoms. The highest BCUT2D eigenvalue weighted by Crippen LogP contribution is 2.31. The summed E-state index contributed by atoms with van der Waals surface area (Å²) in [5, 5.41) is 3.17. The van der Waals surface area contributed by atoms with E-state index in [9.17, 15) is 13.2 Å². The van der Waals surface area contributed by atoms with Crippen molar-refractivity contribution in [1.82, 2.24) is 19.2 Å². The number of carbonyl (C=O) groups excluding carboxylic acids is 1. The van der Waals surface area contributed by atoms with Gasteiger partial charge in [0.2, 0.25) is 10.0 Å².